The number of anilines is 2. The summed E-state index contributed by atoms with van der Waals surface area (Å²) in [6, 6.07) is 9.99. The fourth-order valence-electron chi connectivity index (χ4n) is 2.92. The van der Waals surface area contributed by atoms with E-state index in [2.05, 4.69) is 25.2 Å². The maximum Gasteiger partial charge on any atom is 0.272 e. The molecular weight excluding hydrogens is 435 g/mol. The van der Waals surface area contributed by atoms with Crippen molar-refractivity contribution in [2.75, 3.05) is 10.0 Å². The largest absolute Gasteiger partial charge is 0.340 e. The van der Waals surface area contributed by atoms with Crippen molar-refractivity contribution in [2.45, 2.75) is 4.90 Å². The summed E-state index contributed by atoms with van der Waals surface area (Å²) in [6.45, 7) is 0. The summed E-state index contributed by atoms with van der Waals surface area (Å²) in [4.78, 5) is 16.3. The predicted molar refractivity (Wildman–Crippen MR) is 109 cm³/mol. The van der Waals surface area contributed by atoms with Gasteiger partial charge in [0, 0.05) is 18.1 Å². The molecule has 0 aliphatic rings. The van der Waals surface area contributed by atoms with Crippen LogP contribution in [0.2, 0.25) is 5.02 Å². The fourth-order valence-corrected chi connectivity index (χ4v) is 4.05. The molecule has 0 saturated carbocycles. The van der Waals surface area contributed by atoms with Gasteiger partial charge in [-0.15, -0.1) is 0 Å². The first kappa shape index (κ1) is 19.9. The van der Waals surface area contributed by atoms with Crippen molar-refractivity contribution >= 4 is 50.1 Å². The van der Waals surface area contributed by atoms with E-state index in [1.54, 1.807) is 17.7 Å². The van der Waals surface area contributed by atoms with Gasteiger partial charge in [-0.3, -0.25) is 4.79 Å². The molecule has 3 N–H and O–H groups in total. The summed E-state index contributed by atoms with van der Waals surface area (Å²) in [7, 11) is -2.23. The van der Waals surface area contributed by atoms with E-state index >= 15 is 0 Å². The maximum atomic E-state index is 14.2. The van der Waals surface area contributed by atoms with Gasteiger partial charge in [-0.25, -0.2) is 22.6 Å². The number of carbonyl (C=O) groups excluding carboxylic acids is 1. The van der Waals surface area contributed by atoms with Crippen molar-refractivity contribution in [3.05, 3.63) is 65.3 Å². The molecule has 2 heterocycles. The van der Waals surface area contributed by atoms with Crippen molar-refractivity contribution in [1.29, 1.82) is 0 Å². The number of nitrogens with one attached hydrogen (secondary N) is 3. The number of hydrogen-bond acceptors (Lipinski definition) is 5. The molecular formula is C18H14ClFN6O3S. The Morgan fingerprint density at radius 3 is 2.60 bits per heavy atom. The zero-order valence-electron chi connectivity index (χ0n) is 15.3. The molecule has 0 spiro atoms. The van der Waals surface area contributed by atoms with E-state index in [0.717, 1.165) is 0 Å². The number of sulfonamides is 1. The van der Waals surface area contributed by atoms with Gasteiger partial charge in [-0.1, -0.05) is 11.6 Å². The van der Waals surface area contributed by atoms with Crippen LogP contribution in [0, 0.1) is 5.82 Å². The van der Waals surface area contributed by atoms with Crippen molar-refractivity contribution in [2.24, 2.45) is 7.05 Å². The average Bonchev–Trinajstić information content (AvgIpc) is 3.33. The standard InChI is InChI=1S/C18H14ClFN6O3S/c1-26-14-7-6-13(19)16(20)12(14)8-15(26)17(27)23-10-2-4-11(5-3-10)30(28,29)25-18-21-9-22-24-18/h2-9H,1H3,(H,23,27)(H2,21,22,24,25). The van der Waals surface area contributed by atoms with E-state index in [1.165, 1.54) is 42.7 Å². The molecule has 9 nitrogen and oxygen atoms in total. The van der Waals surface area contributed by atoms with Gasteiger partial charge in [-0.2, -0.15) is 10.1 Å². The molecule has 12 heteroatoms. The van der Waals surface area contributed by atoms with Crippen LogP contribution in [0.25, 0.3) is 10.9 Å². The van der Waals surface area contributed by atoms with Crippen molar-refractivity contribution < 1.29 is 17.6 Å². The smallest absolute Gasteiger partial charge is 0.272 e. The average molecular weight is 449 g/mol. The Kier molecular flexibility index (Phi) is 4.92. The van der Waals surface area contributed by atoms with E-state index in [-0.39, 0.29) is 26.9 Å². The van der Waals surface area contributed by atoms with Crippen molar-refractivity contribution in [3.63, 3.8) is 0 Å². The number of halogens is 2. The molecule has 0 aliphatic carbocycles. The Labute approximate surface area is 174 Å². The SMILES string of the molecule is Cn1c(C(=O)Nc2ccc(S(=O)(=O)Nc3ncn[nH]3)cc2)cc2c(F)c(Cl)ccc21. The highest BCUT2D eigenvalue weighted by Crippen LogP contribution is 2.27. The van der Waals surface area contributed by atoms with Crippen LogP contribution in [0.1, 0.15) is 10.5 Å². The van der Waals surface area contributed by atoms with Crippen LogP contribution in [0.4, 0.5) is 16.0 Å². The Bertz CT molecular complexity index is 1350. The molecule has 0 saturated heterocycles. The minimum absolute atomic E-state index is 0.0181. The number of aromatic nitrogens is 4. The zero-order valence-corrected chi connectivity index (χ0v) is 16.9. The molecule has 0 radical (unpaired) electrons. The molecule has 2 aromatic carbocycles. The number of amides is 1. The van der Waals surface area contributed by atoms with E-state index in [9.17, 15) is 17.6 Å². The Hall–Kier alpha value is -3.44. The van der Waals surface area contributed by atoms with Crippen LogP contribution in [0.3, 0.4) is 0 Å². The van der Waals surface area contributed by atoms with E-state index in [1.807, 2.05) is 0 Å². The third kappa shape index (κ3) is 3.60. The maximum absolute atomic E-state index is 14.2. The third-order valence-corrected chi connectivity index (χ3v) is 6.06. The lowest BCUT2D eigenvalue weighted by Crippen LogP contribution is -2.16. The second-order valence-corrected chi connectivity index (χ2v) is 8.39. The number of carbonyl (C=O) groups is 1. The normalized spacial score (nSPS) is 11.6. The number of hydrogen-bond donors (Lipinski definition) is 3. The molecule has 1 amide bonds. The minimum atomic E-state index is -3.87. The highest BCUT2D eigenvalue weighted by molar-refractivity contribution is 7.92. The van der Waals surface area contributed by atoms with Crippen LogP contribution < -0.4 is 10.0 Å². The number of rotatable bonds is 5. The van der Waals surface area contributed by atoms with E-state index in [4.69, 9.17) is 11.6 Å². The first-order chi connectivity index (χ1) is 14.3. The van der Waals surface area contributed by atoms with Gasteiger partial charge < -0.3 is 9.88 Å². The number of nitrogens with zero attached hydrogens (tertiary/aromatic N) is 3. The molecule has 154 valence electrons. The van der Waals surface area contributed by atoms with Crippen molar-refractivity contribution in [1.82, 2.24) is 19.7 Å². The number of benzene rings is 2. The summed E-state index contributed by atoms with van der Waals surface area (Å²) < 4.78 is 42.7. The molecule has 4 aromatic rings. The number of fused-ring (bicyclic) bond motifs is 1. The lowest BCUT2D eigenvalue weighted by molar-refractivity contribution is 0.101. The Balaban J connectivity index is 1.55. The van der Waals surface area contributed by atoms with Crippen molar-refractivity contribution in [3.8, 4) is 0 Å². The van der Waals surface area contributed by atoms with Crippen LogP contribution in [-0.4, -0.2) is 34.1 Å². The summed E-state index contributed by atoms with van der Waals surface area (Å²) in [5.41, 5.74) is 1.10. The van der Waals surface area contributed by atoms with Gasteiger partial charge in [-0.05, 0) is 42.5 Å². The minimum Gasteiger partial charge on any atom is -0.340 e. The molecule has 0 bridgehead atoms. The fraction of sp³-hybridized carbons (Fsp3) is 0.0556. The lowest BCUT2D eigenvalue weighted by atomic mass is 10.2. The summed E-state index contributed by atoms with van der Waals surface area (Å²) in [5.74, 6) is -1.10. The molecule has 0 fully saturated rings. The number of aryl methyl sites for hydroxylation is 1. The van der Waals surface area contributed by atoms with Gasteiger partial charge in [0.15, 0.2) is 5.82 Å². The van der Waals surface area contributed by atoms with Gasteiger partial charge in [0.05, 0.1) is 15.4 Å². The molecule has 0 atom stereocenters. The second kappa shape index (κ2) is 7.43. The molecule has 30 heavy (non-hydrogen) atoms. The predicted octanol–water partition coefficient (Wildman–Crippen LogP) is 3.14. The van der Waals surface area contributed by atoms with Crippen LogP contribution in [0.15, 0.2) is 53.7 Å². The molecule has 0 aliphatic heterocycles. The lowest BCUT2D eigenvalue weighted by Gasteiger charge is -2.08. The summed E-state index contributed by atoms with van der Waals surface area (Å²) in [5, 5.41) is 8.82. The summed E-state index contributed by atoms with van der Waals surface area (Å²) >= 11 is 5.81. The molecule has 0 unspecified atom stereocenters. The highest BCUT2D eigenvalue weighted by Gasteiger charge is 2.18. The van der Waals surface area contributed by atoms with E-state index in [0.29, 0.717) is 11.2 Å². The van der Waals surface area contributed by atoms with Gasteiger partial charge in [0.1, 0.15) is 12.0 Å². The third-order valence-electron chi connectivity index (χ3n) is 4.41. The topological polar surface area (TPSA) is 122 Å². The monoisotopic (exact) mass is 448 g/mol. The Morgan fingerprint density at radius 2 is 1.93 bits per heavy atom. The first-order valence-electron chi connectivity index (χ1n) is 8.49. The van der Waals surface area contributed by atoms with Crippen LogP contribution in [-0.2, 0) is 17.1 Å². The van der Waals surface area contributed by atoms with Crippen LogP contribution >= 0.6 is 11.6 Å². The molecule has 4 rings (SSSR count). The van der Waals surface area contributed by atoms with Crippen LogP contribution in [0.5, 0.6) is 0 Å². The Morgan fingerprint density at radius 1 is 1.20 bits per heavy atom. The quantitative estimate of drug-likeness (QED) is 0.433. The first-order valence-corrected chi connectivity index (χ1v) is 10.4. The van der Waals surface area contributed by atoms with Gasteiger partial charge in [0.25, 0.3) is 15.9 Å². The van der Waals surface area contributed by atoms with E-state index < -0.39 is 21.7 Å². The van der Waals surface area contributed by atoms with Gasteiger partial charge >= 0.3 is 0 Å². The summed E-state index contributed by atoms with van der Waals surface area (Å²) in [6.07, 6.45) is 1.17. The van der Waals surface area contributed by atoms with Gasteiger partial charge in [0.2, 0.25) is 5.95 Å². The number of aromatic amines is 1. The molecule has 2 aromatic heterocycles. The second-order valence-electron chi connectivity index (χ2n) is 6.30. The zero-order chi connectivity index (χ0) is 21.5. The number of H-pyrrole nitrogens is 1. The highest BCUT2D eigenvalue weighted by atomic mass is 35.5.